The summed E-state index contributed by atoms with van der Waals surface area (Å²) in [5.74, 6) is 2.51. The van der Waals surface area contributed by atoms with Gasteiger partial charge in [-0.15, -0.1) is 0 Å². The maximum atomic E-state index is 9.45. The molecule has 1 saturated carbocycles. The largest absolute Gasteiger partial charge is 0.395 e. The van der Waals surface area contributed by atoms with E-state index < -0.39 is 0 Å². The third-order valence-corrected chi connectivity index (χ3v) is 5.20. The number of nitrogens with one attached hydrogen (secondary N) is 1. The van der Waals surface area contributed by atoms with Crippen molar-refractivity contribution in [2.24, 2.45) is 11.8 Å². The predicted molar refractivity (Wildman–Crippen MR) is 89.3 cm³/mol. The average molecular weight is 320 g/mol. The first-order valence-corrected chi connectivity index (χ1v) is 8.66. The van der Waals surface area contributed by atoms with Gasteiger partial charge in [-0.05, 0) is 24.7 Å². The van der Waals surface area contributed by atoms with Crippen LogP contribution >= 0.6 is 0 Å². The molecule has 23 heavy (non-hydrogen) atoms. The fourth-order valence-corrected chi connectivity index (χ4v) is 3.52. The van der Waals surface area contributed by atoms with Gasteiger partial charge in [-0.1, -0.05) is 13.8 Å². The Bertz CT molecular complexity index is 517. The molecule has 2 fully saturated rings. The van der Waals surface area contributed by atoms with Gasteiger partial charge in [0.2, 0.25) is 0 Å². The second-order valence-corrected chi connectivity index (χ2v) is 7.23. The summed E-state index contributed by atoms with van der Waals surface area (Å²) in [5, 5.41) is 22.5. The number of aliphatic hydroxyl groups excluding tert-OH is 2. The molecule has 2 heterocycles. The number of anilines is 1. The lowest BCUT2D eigenvalue weighted by atomic mass is 9.91. The monoisotopic (exact) mass is 320 g/mol. The Hall–Kier alpha value is -1.24. The molecule has 1 aliphatic carbocycles. The molecule has 3 rings (SSSR count). The molecular formula is C17H28N4O2. The molecule has 1 aliphatic heterocycles. The summed E-state index contributed by atoms with van der Waals surface area (Å²) < 4.78 is 0. The van der Waals surface area contributed by atoms with Crippen LogP contribution in [0.15, 0.2) is 12.4 Å². The Balaban J connectivity index is 1.70. The quantitative estimate of drug-likeness (QED) is 0.697. The van der Waals surface area contributed by atoms with E-state index in [2.05, 4.69) is 40.1 Å². The van der Waals surface area contributed by atoms with Crippen LogP contribution < -0.4 is 5.32 Å². The molecule has 1 aromatic heterocycles. The van der Waals surface area contributed by atoms with E-state index >= 15 is 0 Å². The molecule has 0 amide bonds. The van der Waals surface area contributed by atoms with E-state index in [1.165, 1.54) is 12.8 Å². The number of aliphatic hydroxyl groups is 2. The van der Waals surface area contributed by atoms with Crippen molar-refractivity contribution in [1.82, 2.24) is 14.9 Å². The van der Waals surface area contributed by atoms with Gasteiger partial charge in [0.05, 0.1) is 19.3 Å². The van der Waals surface area contributed by atoms with Crippen molar-refractivity contribution < 1.29 is 10.2 Å². The van der Waals surface area contributed by atoms with Crippen LogP contribution in [-0.4, -0.2) is 63.5 Å². The van der Waals surface area contributed by atoms with E-state index in [1.807, 2.05) is 0 Å². The SMILES string of the molecule is CC(C)[C@@H]1CN(C(CO)CO)C[C@H]1Nc1cc(C2CC2)ncn1. The predicted octanol–water partition coefficient (Wildman–Crippen LogP) is 1.08. The lowest BCUT2D eigenvalue weighted by Gasteiger charge is -2.24. The van der Waals surface area contributed by atoms with Gasteiger partial charge in [-0.2, -0.15) is 0 Å². The van der Waals surface area contributed by atoms with Gasteiger partial charge in [-0.3, -0.25) is 4.90 Å². The molecule has 2 aliphatic rings. The topological polar surface area (TPSA) is 81.5 Å². The first-order valence-electron chi connectivity index (χ1n) is 8.66. The zero-order chi connectivity index (χ0) is 16.4. The minimum absolute atomic E-state index is 0.00658. The minimum Gasteiger partial charge on any atom is -0.395 e. The molecule has 1 aromatic rings. The van der Waals surface area contributed by atoms with Crippen LogP contribution in [0.2, 0.25) is 0 Å². The van der Waals surface area contributed by atoms with Crippen molar-refractivity contribution in [2.75, 3.05) is 31.6 Å². The molecule has 0 bridgehead atoms. The van der Waals surface area contributed by atoms with E-state index in [4.69, 9.17) is 0 Å². The van der Waals surface area contributed by atoms with Crippen molar-refractivity contribution in [2.45, 2.75) is 44.7 Å². The lowest BCUT2D eigenvalue weighted by Crippen LogP contribution is -2.40. The summed E-state index contributed by atoms with van der Waals surface area (Å²) in [7, 11) is 0. The van der Waals surface area contributed by atoms with Crippen molar-refractivity contribution in [3.63, 3.8) is 0 Å². The third-order valence-electron chi connectivity index (χ3n) is 5.20. The second-order valence-electron chi connectivity index (χ2n) is 7.23. The highest BCUT2D eigenvalue weighted by Gasteiger charge is 2.37. The summed E-state index contributed by atoms with van der Waals surface area (Å²) in [6, 6.07) is 2.18. The minimum atomic E-state index is -0.171. The smallest absolute Gasteiger partial charge is 0.129 e. The maximum Gasteiger partial charge on any atom is 0.129 e. The van der Waals surface area contributed by atoms with Crippen LogP contribution in [0.3, 0.4) is 0 Å². The van der Waals surface area contributed by atoms with Crippen LogP contribution in [0, 0.1) is 11.8 Å². The summed E-state index contributed by atoms with van der Waals surface area (Å²) in [6.07, 6.45) is 4.12. The molecule has 128 valence electrons. The maximum absolute atomic E-state index is 9.45. The first-order chi connectivity index (χ1) is 11.1. The van der Waals surface area contributed by atoms with E-state index in [1.54, 1.807) is 6.33 Å². The fraction of sp³-hybridized carbons (Fsp3) is 0.765. The van der Waals surface area contributed by atoms with Gasteiger partial charge in [0, 0.05) is 36.8 Å². The lowest BCUT2D eigenvalue weighted by molar-refractivity contribution is 0.0862. The van der Waals surface area contributed by atoms with E-state index in [0.29, 0.717) is 17.8 Å². The Morgan fingerprint density at radius 2 is 1.96 bits per heavy atom. The zero-order valence-electron chi connectivity index (χ0n) is 14.0. The fourth-order valence-electron chi connectivity index (χ4n) is 3.52. The first kappa shape index (κ1) is 16.6. The van der Waals surface area contributed by atoms with Crippen LogP contribution in [0.5, 0.6) is 0 Å². The Morgan fingerprint density at radius 3 is 2.57 bits per heavy atom. The zero-order valence-corrected chi connectivity index (χ0v) is 14.0. The third kappa shape index (κ3) is 3.82. The van der Waals surface area contributed by atoms with E-state index in [9.17, 15) is 10.2 Å². The highest BCUT2D eigenvalue weighted by atomic mass is 16.3. The van der Waals surface area contributed by atoms with Crippen LogP contribution in [0.25, 0.3) is 0 Å². The number of hydrogen-bond acceptors (Lipinski definition) is 6. The van der Waals surface area contributed by atoms with Gasteiger partial charge < -0.3 is 15.5 Å². The Kier molecular flexibility index (Phi) is 5.14. The number of likely N-dealkylation sites (tertiary alicyclic amines) is 1. The molecule has 6 heteroatoms. The van der Waals surface area contributed by atoms with Crippen LogP contribution in [0.1, 0.15) is 38.3 Å². The molecule has 0 radical (unpaired) electrons. The summed E-state index contributed by atoms with van der Waals surface area (Å²) in [5.41, 5.74) is 1.14. The highest BCUT2D eigenvalue weighted by Crippen LogP contribution is 2.39. The molecule has 0 unspecified atom stereocenters. The molecule has 0 aromatic carbocycles. The van der Waals surface area contributed by atoms with Crippen LogP contribution in [-0.2, 0) is 0 Å². The summed E-state index contributed by atoms with van der Waals surface area (Å²) in [6.45, 7) is 6.15. The standard InChI is InChI=1S/C17H28N4O2/c1-11(2)14-6-21(13(8-22)9-23)7-16(14)20-17-5-15(12-3-4-12)18-10-19-17/h5,10-14,16,22-23H,3-4,6-9H2,1-2H3,(H,18,19,20)/t14-,16+/m0/s1. The number of nitrogens with zero attached hydrogens (tertiary/aromatic N) is 3. The van der Waals surface area contributed by atoms with Crippen molar-refractivity contribution in [3.8, 4) is 0 Å². The summed E-state index contributed by atoms with van der Waals surface area (Å²) in [4.78, 5) is 10.9. The van der Waals surface area contributed by atoms with Gasteiger partial charge in [0.1, 0.15) is 12.1 Å². The molecule has 2 atom stereocenters. The van der Waals surface area contributed by atoms with Gasteiger partial charge in [0.15, 0.2) is 0 Å². The molecule has 0 spiro atoms. The molecule has 6 nitrogen and oxygen atoms in total. The van der Waals surface area contributed by atoms with E-state index in [-0.39, 0.29) is 25.3 Å². The summed E-state index contributed by atoms with van der Waals surface area (Å²) >= 11 is 0. The van der Waals surface area contributed by atoms with E-state index in [0.717, 1.165) is 24.6 Å². The average Bonchev–Trinajstić information content (AvgIpc) is 3.31. The number of rotatable bonds is 7. The molecule has 3 N–H and O–H groups in total. The molecular weight excluding hydrogens is 292 g/mol. The van der Waals surface area contributed by atoms with Crippen molar-refractivity contribution in [1.29, 1.82) is 0 Å². The van der Waals surface area contributed by atoms with Crippen molar-refractivity contribution in [3.05, 3.63) is 18.1 Å². The normalized spacial score (nSPS) is 25.5. The Labute approximate surface area is 138 Å². The van der Waals surface area contributed by atoms with Crippen LogP contribution in [0.4, 0.5) is 5.82 Å². The molecule has 1 saturated heterocycles. The second kappa shape index (κ2) is 7.11. The number of aromatic nitrogens is 2. The highest BCUT2D eigenvalue weighted by molar-refractivity contribution is 5.38. The Morgan fingerprint density at radius 1 is 1.22 bits per heavy atom. The van der Waals surface area contributed by atoms with Gasteiger partial charge in [-0.25, -0.2) is 9.97 Å². The van der Waals surface area contributed by atoms with Crippen molar-refractivity contribution >= 4 is 5.82 Å². The number of hydrogen-bond donors (Lipinski definition) is 3. The van der Waals surface area contributed by atoms with Gasteiger partial charge >= 0.3 is 0 Å². The van der Waals surface area contributed by atoms with Gasteiger partial charge in [0.25, 0.3) is 0 Å².